The van der Waals surface area contributed by atoms with Crippen LogP contribution in [0, 0.1) is 0 Å². The van der Waals surface area contributed by atoms with E-state index in [0.717, 1.165) is 11.8 Å². The number of thioether (sulfide) groups is 1. The minimum absolute atomic E-state index is 0.0808. The molecule has 1 aromatic rings. The summed E-state index contributed by atoms with van der Waals surface area (Å²) in [7, 11) is 0. The van der Waals surface area contributed by atoms with Crippen LogP contribution in [0.2, 0.25) is 0 Å². The van der Waals surface area contributed by atoms with E-state index in [1.54, 1.807) is 18.2 Å². The topological polar surface area (TPSA) is 89.9 Å². The molecule has 1 aliphatic rings. The Balaban J connectivity index is 2.24. The van der Waals surface area contributed by atoms with Crippen LogP contribution in [0.5, 0.6) is 0 Å². The molecule has 0 atom stereocenters. The van der Waals surface area contributed by atoms with E-state index in [-0.39, 0.29) is 11.1 Å². The van der Waals surface area contributed by atoms with Crippen LogP contribution >= 0.6 is 11.8 Å². The second-order valence-electron chi connectivity index (χ2n) is 4.63. The van der Waals surface area contributed by atoms with Gasteiger partial charge in [-0.1, -0.05) is 23.9 Å². The second kappa shape index (κ2) is 5.61. The number of hydrogen-bond acceptors (Lipinski definition) is 6. The Morgan fingerprint density at radius 3 is 2.33 bits per heavy atom. The molecule has 0 spiro atoms. The third kappa shape index (κ3) is 3.43. The average molecular weight is 308 g/mol. The van der Waals surface area contributed by atoms with Gasteiger partial charge in [-0.25, -0.2) is 14.4 Å². The number of benzene rings is 1. The van der Waals surface area contributed by atoms with E-state index in [4.69, 9.17) is 14.6 Å². The summed E-state index contributed by atoms with van der Waals surface area (Å²) in [6, 6.07) is 6.26. The van der Waals surface area contributed by atoms with Crippen molar-refractivity contribution in [2.45, 2.75) is 24.5 Å². The minimum Gasteiger partial charge on any atom is -0.478 e. The smallest absolute Gasteiger partial charge is 0.349 e. The number of rotatable bonds is 3. The van der Waals surface area contributed by atoms with Gasteiger partial charge in [-0.15, -0.1) is 0 Å². The monoisotopic (exact) mass is 308 g/mol. The van der Waals surface area contributed by atoms with Crippen LogP contribution in [-0.4, -0.2) is 28.8 Å². The van der Waals surface area contributed by atoms with Crippen molar-refractivity contribution in [1.29, 1.82) is 0 Å². The van der Waals surface area contributed by atoms with Crippen LogP contribution in [0.3, 0.4) is 0 Å². The lowest BCUT2D eigenvalue weighted by atomic mass is 10.2. The first-order valence-electron chi connectivity index (χ1n) is 5.96. The molecule has 1 aliphatic heterocycles. The maximum absolute atomic E-state index is 11.7. The number of carbonyl (C=O) groups excluding carboxylic acids is 2. The molecule has 1 fully saturated rings. The Kier molecular flexibility index (Phi) is 4.04. The zero-order valence-corrected chi connectivity index (χ0v) is 12.1. The molecule has 0 saturated carbocycles. The zero-order valence-electron chi connectivity index (χ0n) is 11.3. The largest absolute Gasteiger partial charge is 0.478 e. The van der Waals surface area contributed by atoms with Crippen molar-refractivity contribution in [2.24, 2.45) is 0 Å². The molecule has 0 aliphatic carbocycles. The van der Waals surface area contributed by atoms with E-state index in [0.29, 0.717) is 4.90 Å². The third-order valence-corrected chi connectivity index (χ3v) is 3.50. The highest BCUT2D eigenvalue weighted by Gasteiger charge is 2.38. The molecule has 0 amide bonds. The summed E-state index contributed by atoms with van der Waals surface area (Å²) < 4.78 is 9.89. The van der Waals surface area contributed by atoms with Crippen LogP contribution in [0.4, 0.5) is 0 Å². The molecule has 1 aromatic carbocycles. The third-order valence-electron chi connectivity index (χ3n) is 2.54. The number of carboxylic acids is 1. The summed E-state index contributed by atoms with van der Waals surface area (Å²) in [5.74, 6) is -3.98. The van der Waals surface area contributed by atoms with Crippen molar-refractivity contribution in [3.8, 4) is 0 Å². The highest BCUT2D eigenvalue weighted by molar-refractivity contribution is 8.02. The summed E-state index contributed by atoms with van der Waals surface area (Å²) in [4.78, 5) is 35.0. The quantitative estimate of drug-likeness (QED) is 0.396. The fraction of sp³-hybridized carbons (Fsp3) is 0.214. The highest BCUT2D eigenvalue weighted by atomic mass is 32.2. The van der Waals surface area contributed by atoms with Crippen molar-refractivity contribution in [3.63, 3.8) is 0 Å². The van der Waals surface area contributed by atoms with Crippen LogP contribution in [0.15, 0.2) is 40.1 Å². The Morgan fingerprint density at radius 2 is 1.76 bits per heavy atom. The molecule has 1 N–H and O–H groups in total. The van der Waals surface area contributed by atoms with E-state index in [1.165, 1.54) is 25.3 Å². The molecule has 110 valence electrons. The van der Waals surface area contributed by atoms with Crippen LogP contribution in [0.1, 0.15) is 24.2 Å². The first kappa shape index (κ1) is 15.1. The maximum Gasteiger partial charge on any atom is 0.349 e. The molecule has 0 bridgehead atoms. The summed E-state index contributed by atoms with van der Waals surface area (Å²) in [5, 5.41) is 10.3. The lowest BCUT2D eigenvalue weighted by Gasteiger charge is -2.29. The molecule has 1 heterocycles. The van der Waals surface area contributed by atoms with Crippen molar-refractivity contribution in [3.05, 3.63) is 40.8 Å². The number of carboxylic acid groups (broad SMARTS) is 1. The summed E-state index contributed by atoms with van der Waals surface area (Å²) in [6.07, 6.45) is 0. The van der Waals surface area contributed by atoms with Gasteiger partial charge in [-0.2, -0.15) is 0 Å². The predicted octanol–water partition coefficient (Wildman–Crippen LogP) is 2.20. The van der Waals surface area contributed by atoms with E-state index in [2.05, 4.69) is 0 Å². The van der Waals surface area contributed by atoms with Crippen molar-refractivity contribution in [2.75, 3.05) is 0 Å². The van der Waals surface area contributed by atoms with Crippen molar-refractivity contribution >= 4 is 29.7 Å². The average Bonchev–Trinajstić information content (AvgIpc) is 2.36. The van der Waals surface area contributed by atoms with Crippen molar-refractivity contribution in [1.82, 2.24) is 0 Å². The second-order valence-corrected chi connectivity index (χ2v) is 5.54. The predicted molar refractivity (Wildman–Crippen MR) is 73.6 cm³/mol. The molecule has 0 unspecified atom stereocenters. The molecular weight excluding hydrogens is 296 g/mol. The first-order chi connectivity index (χ1) is 9.80. The Labute approximate surface area is 124 Å². The fourth-order valence-corrected chi connectivity index (χ4v) is 2.50. The van der Waals surface area contributed by atoms with Gasteiger partial charge in [0.2, 0.25) is 0 Å². The van der Waals surface area contributed by atoms with E-state index < -0.39 is 23.7 Å². The summed E-state index contributed by atoms with van der Waals surface area (Å²) >= 11 is 0.945. The number of carbonyl (C=O) groups is 3. The first-order valence-corrected chi connectivity index (χ1v) is 6.84. The van der Waals surface area contributed by atoms with Gasteiger partial charge in [-0.05, 0) is 17.5 Å². The molecular formula is C14H12O6S. The lowest BCUT2D eigenvalue weighted by Crippen LogP contribution is -2.41. The zero-order chi connectivity index (χ0) is 15.6. The van der Waals surface area contributed by atoms with Gasteiger partial charge in [0.1, 0.15) is 0 Å². The van der Waals surface area contributed by atoms with Crippen LogP contribution in [-0.2, 0) is 19.1 Å². The van der Waals surface area contributed by atoms with Gasteiger partial charge in [0, 0.05) is 18.7 Å². The van der Waals surface area contributed by atoms with Gasteiger partial charge in [0.15, 0.2) is 5.57 Å². The number of esters is 2. The summed E-state index contributed by atoms with van der Waals surface area (Å²) in [5.41, 5.74) is -0.184. The number of aromatic carboxylic acids is 1. The fourth-order valence-electron chi connectivity index (χ4n) is 1.63. The molecule has 0 aromatic heterocycles. The van der Waals surface area contributed by atoms with Crippen LogP contribution in [0.25, 0.3) is 0 Å². The van der Waals surface area contributed by atoms with Crippen molar-refractivity contribution < 1.29 is 29.0 Å². The molecule has 0 radical (unpaired) electrons. The van der Waals surface area contributed by atoms with Gasteiger partial charge < -0.3 is 14.6 Å². The maximum atomic E-state index is 11.7. The number of cyclic esters (lactones) is 2. The Morgan fingerprint density at radius 1 is 1.19 bits per heavy atom. The highest BCUT2D eigenvalue weighted by Crippen LogP contribution is 2.29. The Hall–Kier alpha value is -2.28. The van der Waals surface area contributed by atoms with Gasteiger partial charge in [0.25, 0.3) is 5.79 Å². The molecule has 1 saturated heterocycles. The number of hydrogen-bond donors (Lipinski definition) is 1. The van der Waals surface area contributed by atoms with Gasteiger partial charge in [0.05, 0.1) is 5.56 Å². The SMILES string of the molecule is CC1(C)OC(=O)C(=CSc2ccccc2C(=O)O)C(=O)O1. The minimum atomic E-state index is -1.30. The van der Waals surface area contributed by atoms with E-state index >= 15 is 0 Å². The standard InChI is InChI=1S/C14H12O6S/c1-14(2)19-12(17)9(13(18)20-14)7-21-10-6-4-3-5-8(10)11(15)16/h3-7H,1-2H3,(H,15,16). The lowest BCUT2D eigenvalue weighted by molar-refractivity contribution is -0.222. The molecule has 2 rings (SSSR count). The van der Waals surface area contributed by atoms with E-state index in [9.17, 15) is 14.4 Å². The summed E-state index contributed by atoms with van der Waals surface area (Å²) in [6.45, 7) is 2.90. The molecule has 7 heteroatoms. The normalized spacial score (nSPS) is 17.0. The molecule has 6 nitrogen and oxygen atoms in total. The molecule has 21 heavy (non-hydrogen) atoms. The van der Waals surface area contributed by atoms with Crippen LogP contribution < -0.4 is 0 Å². The van der Waals surface area contributed by atoms with Gasteiger partial charge >= 0.3 is 17.9 Å². The Bertz CT molecular complexity index is 625. The van der Waals surface area contributed by atoms with E-state index in [1.807, 2.05) is 0 Å². The van der Waals surface area contributed by atoms with Gasteiger partial charge in [-0.3, -0.25) is 0 Å². The number of ether oxygens (including phenoxy) is 2.